The van der Waals surface area contributed by atoms with Crippen molar-refractivity contribution >= 4 is 16.7 Å². The summed E-state index contributed by atoms with van der Waals surface area (Å²) in [5, 5.41) is 2.95. The standard InChI is InChI=1S/C16H10F3N5O/c1-2-5-21-14-11-9-22-13(16(17,18)19)7-12(11)24(15(25)23-14)10-4-3-6-20-8-10/h1,3-4,6-9H,5H2,(H,21,23,25). The number of halogens is 3. The lowest BCUT2D eigenvalue weighted by atomic mass is 10.2. The van der Waals surface area contributed by atoms with Gasteiger partial charge in [0, 0.05) is 12.4 Å². The fourth-order valence-corrected chi connectivity index (χ4v) is 2.28. The van der Waals surface area contributed by atoms with E-state index in [4.69, 9.17) is 6.42 Å². The molecule has 0 aliphatic rings. The quantitative estimate of drug-likeness (QED) is 0.737. The lowest BCUT2D eigenvalue weighted by Gasteiger charge is -2.14. The lowest BCUT2D eigenvalue weighted by Crippen LogP contribution is -2.24. The third-order valence-corrected chi connectivity index (χ3v) is 3.33. The van der Waals surface area contributed by atoms with Crippen molar-refractivity contribution in [3.63, 3.8) is 0 Å². The highest BCUT2D eigenvalue weighted by atomic mass is 19.4. The van der Waals surface area contributed by atoms with E-state index in [2.05, 4.69) is 26.2 Å². The molecule has 0 aliphatic carbocycles. The van der Waals surface area contributed by atoms with Crippen LogP contribution in [0.25, 0.3) is 16.6 Å². The van der Waals surface area contributed by atoms with E-state index < -0.39 is 17.6 Å². The number of fused-ring (bicyclic) bond motifs is 1. The first-order valence-corrected chi connectivity index (χ1v) is 6.99. The number of hydrogen-bond donors (Lipinski definition) is 1. The second kappa shape index (κ2) is 6.24. The lowest BCUT2D eigenvalue weighted by molar-refractivity contribution is -0.141. The van der Waals surface area contributed by atoms with Gasteiger partial charge in [0.1, 0.15) is 11.5 Å². The minimum atomic E-state index is -4.65. The Bertz CT molecular complexity index is 1020. The van der Waals surface area contributed by atoms with Crippen LogP contribution in [0, 0.1) is 12.3 Å². The number of anilines is 1. The van der Waals surface area contributed by atoms with Crippen LogP contribution in [0.1, 0.15) is 5.69 Å². The molecule has 3 aromatic heterocycles. The zero-order chi connectivity index (χ0) is 18.0. The second-order valence-corrected chi connectivity index (χ2v) is 4.93. The van der Waals surface area contributed by atoms with Gasteiger partial charge in [-0.1, -0.05) is 5.92 Å². The summed E-state index contributed by atoms with van der Waals surface area (Å²) >= 11 is 0. The number of terminal acetylenes is 1. The predicted molar refractivity (Wildman–Crippen MR) is 85.3 cm³/mol. The molecule has 25 heavy (non-hydrogen) atoms. The first kappa shape index (κ1) is 16.4. The number of nitrogens with one attached hydrogen (secondary N) is 1. The molecule has 3 rings (SSSR count). The van der Waals surface area contributed by atoms with Crippen LogP contribution in [0.3, 0.4) is 0 Å². The number of hydrogen-bond acceptors (Lipinski definition) is 5. The number of rotatable bonds is 3. The monoisotopic (exact) mass is 345 g/mol. The average Bonchev–Trinajstić information content (AvgIpc) is 2.59. The van der Waals surface area contributed by atoms with Gasteiger partial charge in [0.25, 0.3) is 0 Å². The minimum Gasteiger partial charge on any atom is -0.358 e. The zero-order valence-electron chi connectivity index (χ0n) is 12.6. The van der Waals surface area contributed by atoms with Crippen LogP contribution in [-0.2, 0) is 6.18 Å². The molecule has 0 saturated carbocycles. The van der Waals surface area contributed by atoms with Gasteiger partial charge in [-0.3, -0.25) is 14.5 Å². The van der Waals surface area contributed by atoms with E-state index in [0.29, 0.717) is 0 Å². The number of pyridine rings is 2. The van der Waals surface area contributed by atoms with Crippen LogP contribution < -0.4 is 11.0 Å². The predicted octanol–water partition coefficient (Wildman–Crippen LogP) is 2.24. The third-order valence-electron chi connectivity index (χ3n) is 3.33. The molecule has 0 amide bonds. The second-order valence-electron chi connectivity index (χ2n) is 4.93. The van der Waals surface area contributed by atoms with Crippen LogP contribution in [0.15, 0.2) is 41.6 Å². The Kier molecular flexibility index (Phi) is 4.10. The minimum absolute atomic E-state index is 0.00477. The van der Waals surface area contributed by atoms with Gasteiger partial charge in [0.2, 0.25) is 0 Å². The van der Waals surface area contributed by atoms with E-state index >= 15 is 0 Å². The van der Waals surface area contributed by atoms with Crippen LogP contribution >= 0.6 is 0 Å². The molecular weight excluding hydrogens is 335 g/mol. The van der Waals surface area contributed by atoms with Gasteiger partial charge in [0.05, 0.1) is 29.3 Å². The Balaban J connectivity index is 2.36. The molecule has 3 aromatic rings. The summed E-state index contributed by atoms with van der Waals surface area (Å²) in [6.45, 7) is 0.0550. The molecule has 6 nitrogen and oxygen atoms in total. The first-order valence-electron chi connectivity index (χ1n) is 6.99. The van der Waals surface area contributed by atoms with Crippen molar-refractivity contribution in [1.82, 2.24) is 19.5 Å². The molecule has 0 atom stereocenters. The summed E-state index contributed by atoms with van der Waals surface area (Å²) in [6.07, 6.45) is 4.36. The summed E-state index contributed by atoms with van der Waals surface area (Å²) < 4.78 is 40.1. The highest BCUT2D eigenvalue weighted by Crippen LogP contribution is 2.31. The summed E-state index contributed by atoms with van der Waals surface area (Å²) in [5.74, 6) is 2.38. The van der Waals surface area contributed by atoms with E-state index in [1.165, 1.54) is 18.5 Å². The molecule has 0 aromatic carbocycles. The van der Waals surface area contributed by atoms with Crippen molar-refractivity contribution < 1.29 is 13.2 Å². The summed E-state index contributed by atoms with van der Waals surface area (Å²) in [7, 11) is 0. The molecule has 1 N–H and O–H groups in total. The summed E-state index contributed by atoms with van der Waals surface area (Å²) in [4.78, 5) is 23.6. The van der Waals surface area contributed by atoms with E-state index in [1.807, 2.05) is 0 Å². The molecule has 126 valence electrons. The number of alkyl halides is 3. The smallest absolute Gasteiger partial charge is 0.358 e. The van der Waals surface area contributed by atoms with E-state index in [9.17, 15) is 18.0 Å². The Morgan fingerprint density at radius 1 is 1.32 bits per heavy atom. The number of aromatic nitrogens is 4. The van der Waals surface area contributed by atoms with E-state index in [0.717, 1.165) is 16.8 Å². The fraction of sp³-hybridized carbons (Fsp3) is 0.125. The summed E-state index contributed by atoms with van der Waals surface area (Å²) in [5.41, 5.74) is -1.60. The van der Waals surface area contributed by atoms with Gasteiger partial charge < -0.3 is 5.32 Å². The topological polar surface area (TPSA) is 72.7 Å². The molecule has 9 heteroatoms. The number of nitrogens with zero attached hydrogens (tertiary/aromatic N) is 4. The molecule has 0 saturated heterocycles. The molecule has 0 aliphatic heterocycles. The highest BCUT2D eigenvalue weighted by molar-refractivity contribution is 5.90. The molecule has 0 bridgehead atoms. The zero-order valence-corrected chi connectivity index (χ0v) is 12.6. The normalized spacial score (nSPS) is 11.3. The Morgan fingerprint density at radius 3 is 2.76 bits per heavy atom. The van der Waals surface area contributed by atoms with Crippen molar-refractivity contribution in [3.05, 3.63) is 53.0 Å². The maximum Gasteiger partial charge on any atom is 0.433 e. The Hall–Kier alpha value is -3.41. The Labute approximate surface area is 139 Å². The SMILES string of the molecule is C#CCNc1nc(=O)n(-c2cccnc2)c2cc(C(F)(F)F)ncc12. The van der Waals surface area contributed by atoms with E-state index in [1.54, 1.807) is 6.07 Å². The molecule has 0 spiro atoms. The molecule has 0 fully saturated rings. The van der Waals surface area contributed by atoms with Crippen LogP contribution in [0.2, 0.25) is 0 Å². The average molecular weight is 345 g/mol. The van der Waals surface area contributed by atoms with Gasteiger partial charge in [-0.05, 0) is 18.2 Å². The van der Waals surface area contributed by atoms with Crippen LogP contribution in [0.5, 0.6) is 0 Å². The first-order chi connectivity index (χ1) is 11.9. The van der Waals surface area contributed by atoms with Gasteiger partial charge in [-0.15, -0.1) is 6.42 Å². The summed E-state index contributed by atoms with van der Waals surface area (Å²) in [6, 6.07) is 3.90. The maximum atomic E-state index is 13.0. The van der Waals surface area contributed by atoms with Crippen molar-refractivity contribution in [1.29, 1.82) is 0 Å². The van der Waals surface area contributed by atoms with Crippen molar-refractivity contribution in [3.8, 4) is 18.0 Å². The van der Waals surface area contributed by atoms with Gasteiger partial charge >= 0.3 is 11.9 Å². The van der Waals surface area contributed by atoms with Gasteiger partial charge in [-0.25, -0.2) is 4.79 Å². The molecule has 0 radical (unpaired) electrons. The van der Waals surface area contributed by atoms with E-state index in [-0.39, 0.29) is 29.0 Å². The van der Waals surface area contributed by atoms with Crippen molar-refractivity contribution in [2.75, 3.05) is 11.9 Å². The molecule has 3 heterocycles. The largest absolute Gasteiger partial charge is 0.433 e. The fourth-order valence-electron chi connectivity index (χ4n) is 2.28. The van der Waals surface area contributed by atoms with Gasteiger partial charge in [-0.2, -0.15) is 18.2 Å². The van der Waals surface area contributed by atoms with Gasteiger partial charge in [0.15, 0.2) is 0 Å². The van der Waals surface area contributed by atoms with Crippen LogP contribution in [-0.4, -0.2) is 26.1 Å². The maximum absolute atomic E-state index is 13.0. The van der Waals surface area contributed by atoms with Crippen molar-refractivity contribution in [2.45, 2.75) is 6.18 Å². The van der Waals surface area contributed by atoms with Crippen molar-refractivity contribution in [2.24, 2.45) is 0 Å². The molecular formula is C16H10F3N5O. The molecule has 0 unspecified atom stereocenters. The highest BCUT2D eigenvalue weighted by Gasteiger charge is 2.33. The Morgan fingerprint density at radius 2 is 2.12 bits per heavy atom. The van der Waals surface area contributed by atoms with Crippen LogP contribution in [0.4, 0.5) is 19.0 Å². The third kappa shape index (κ3) is 3.14.